The minimum absolute atomic E-state index is 0.0269. The van der Waals surface area contributed by atoms with Gasteiger partial charge in [-0.15, -0.1) is 0 Å². The average molecular weight is 933 g/mol. The van der Waals surface area contributed by atoms with Crippen molar-refractivity contribution >= 4 is 11.8 Å². The molecule has 2 fully saturated rings. The number of amides is 2. The summed E-state index contributed by atoms with van der Waals surface area (Å²) in [5.74, 6) is 0.481. The van der Waals surface area contributed by atoms with E-state index >= 15 is 0 Å². The fourth-order valence-corrected chi connectivity index (χ4v) is 11.0. The largest absolute Gasteiger partial charge is 0.340 e. The van der Waals surface area contributed by atoms with Gasteiger partial charge >= 0.3 is 0 Å². The summed E-state index contributed by atoms with van der Waals surface area (Å²) < 4.78 is 0. The SMILES string of the molecule is O=C(CC(c1ccccc1)c1ccccc1)N1CCN(C(c2ccccc2)c2ccc(Cc3ccc(C(c4ccccc4)N4CCN(C(=O)CC(c5ccccc5)c5ccccc5)CC4)cc3)cc2)CC1. The molecular formula is C65H64N4O2. The fourth-order valence-electron chi connectivity index (χ4n) is 11.0. The first-order chi connectivity index (χ1) is 35.0. The molecule has 0 radical (unpaired) electrons. The lowest BCUT2D eigenvalue weighted by molar-refractivity contribution is -0.134. The van der Waals surface area contributed by atoms with Crippen molar-refractivity contribution in [2.45, 2.75) is 43.2 Å². The highest BCUT2D eigenvalue weighted by molar-refractivity contribution is 5.78. The van der Waals surface area contributed by atoms with E-state index in [1.807, 2.05) is 24.3 Å². The van der Waals surface area contributed by atoms with Gasteiger partial charge in [-0.25, -0.2) is 0 Å². The monoisotopic (exact) mass is 933 g/mol. The summed E-state index contributed by atoms with van der Waals surface area (Å²) in [7, 11) is 0. The molecule has 0 N–H and O–H groups in total. The molecule has 8 aromatic carbocycles. The molecule has 2 aliphatic heterocycles. The molecule has 0 saturated carbocycles. The highest BCUT2D eigenvalue weighted by Gasteiger charge is 2.32. The quantitative estimate of drug-likeness (QED) is 0.0968. The van der Waals surface area contributed by atoms with E-state index in [4.69, 9.17) is 0 Å². The number of benzene rings is 8. The van der Waals surface area contributed by atoms with Crippen molar-refractivity contribution in [2.24, 2.45) is 0 Å². The molecule has 6 nitrogen and oxygen atoms in total. The minimum Gasteiger partial charge on any atom is -0.340 e. The number of nitrogens with zero attached hydrogens (tertiary/aromatic N) is 4. The molecule has 0 aromatic heterocycles. The molecular weight excluding hydrogens is 869 g/mol. The zero-order valence-corrected chi connectivity index (χ0v) is 40.6. The third kappa shape index (κ3) is 11.6. The first-order valence-corrected chi connectivity index (χ1v) is 25.5. The van der Waals surface area contributed by atoms with Gasteiger partial charge in [0, 0.05) is 77.0 Å². The van der Waals surface area contributed by atoms with Crippen molar-refractivity contribution in [2.75, 3.05) is 52.4 Å². The summed E-state index contributed by atoms with van der Waals surface area (Å²) in [5.41, 5.74) is 12.3. The Bertz CT molecular complexity index is 2600. The Balaban J connectivity index is 0.782. The molecule has 356 valence electrons. The van der Waals surface area contributed by atoms with Crippen molar-refractivity contribution in [3.8, 4) is 0 Å². The van der Waals surface area contributed by atoms with Crippen molar-refractivity contribution in [1.82, 2.24) is 19.6 Å². The van der Waals surface area contributed by atoms with Crippen molar-refractivity contribution in [3.05, 3.63) is 286 Å². The van der Waals surface area contributed by atoms with E-state index in [-0.39, 0.29) is 35.7 Å². The molecule has 0 spiro atoms. The van der Waals surface area contributed by atoms with Crippen LogP contribution in [0, 0.1) is 0 Å². The smallest absolute Gasteiger partial charge is 0.223 e. The maximum atomic E-state index is 14.0. The molecule has 0 bridgehead atoms. The molecule has 2 saturated heterocycles. The zero-order valence-electron chi connectivity index (χ0n) is 40.6. The minimum atomic E-state index is 0.0269. The van der Waals surface area contributed by atoms with Crippen LogP contribution in [-0.4, -0.2) is 83.8 Å². The molecule has 6 heteroatoms. The van der Waals surface area contributed by atoms with Crippen molar-refractivity contribution in [1.29, 1.82) is 0 Å². The van der Waals surface area contributed by atoms with Gasteiger partial charge in [0.2, 0.25) is 11.8 Å². The topological polar surface area (TPSA) is 47.1 Å². The van der Waals surface area contributed by atoms with Crippen LogP contribution in [-0.2, 0) is 16.0 Å². The second-order valence-corrected chi connectivity index (χ2v) is 19.3. The van der Waals surface area contributed by atoms with Gasteiger partial charge in [-0.2, -0.15) is 0 Å². The molecule has 8 aromatic rings. The molecule has 2 amide bonds. The van der Waals surface area contributed by atoms with E-state index in [9.17, 15) is 9.59 Å². The van der Waals surface area contributed by atoms with Crippen LogP contribution >= 0.6 is 0 Å². The molecule has 2 heterocycles. The second-order valence-electron chi connectivity index (χ2n) is 19.3. The molecule has 71 heavy (non-hydrogen) atoms. The van der Waals surface area contributed by atoms with Gasteiger partial charge in [0.15, 0.2) is 0 Å². The number of rotatable bonds is 16. The van der Waals surface area contributed by atoms with Crippen LogP contribution in [0.15, 0.2) is 231 Å². The lowest BCUT2D eigenvalue weighted by atomic mass is 9.88. The zero-order chi connectivity index (χ0) is 48.2. The van der Waals surface area contributed by atoms with Crippen LogP contribution in [0.5, 0.6) is 0 Å². The Hall–Kier alpha value is -7.38. The van der Waals surface area contributed by atoms with Crippen LogP contribution in [0.4, 0.5) is 0 Å². The Morgan fingerprint density at radius 3 is 0.803 bits per heavy atom. The van der Waals surface area contributed by atoms with Gasteiger partial charge in [0.05, 0.1) is 12.1 Å². The molecule has 2 unspecified atom stereocenters. The lowest BCUT2D eigenvalue weighted by Gasteiger charge is -2.40. The third-order valence-electron chi connectivity index (χ3n) is 14.9. The van der Waals surface area contributed by atoms with Gasteiger partial charge in [-0.05, 0) is 62.1 Å². The fraction of sp³-hybridized carbons (Fsp3) is 0.231. The number of hydrogen-bond acceptors (Lipinski definition) is 4. The standard InChI is InChI=1S/C65H64N4O2/c70-62(48-60(52-19-7-1-8-20-52)53-21-9-2-10-22-53)66-39-43-68(44-40-66)64(56-27-15-5-16-28-56)58-35-31-50(32-36-58)47-51-33-37-59(38-34-51)65(57-29-17-6-18-30-57)69-45-41-67(42-46-69)63(71)49-61(54-23-11-3-12-24-54)55-25-13-4-14-26-55/h1-38,60-61,64-65H,39-49H2. The van der Waals surface area contributed by atoms with Crippen LogP contribution in [0.1, 0.15) is 92.4 Å². The molecule has 10 rings (SSSR count). The summed E-state index contributed by atoms with van der Waals surface area (Å²) in [6.45, 7) is 6.06. The summed E-state index contributed by atoms with van der Waals surface area (Å²) in [4.78, 5) is 37.2. The number of piperazine rings is 2. The second kappa shape index (κ2) is 23.0. The predicted molar refractivity (Wildman–Crippen MR) is 287 cm³/mol. The highest BCUT2D eigenvalue weighted by Crippen LogP contribution is 2.35. The van der Waals surface area contributed by atoms with E-state index in [0.29, 0.717) is 39.0 Å². The Kier molecular flexibility index (Phi) is 15.3. The van der Waals surface area contributed by atoms with E-state index in [2.05, 4.69) is 226 Å². The third-order valence-corrected chi connectivity index (χ3v) is 14.9. The van der Waals surface area contributed by atoms with E-state index < -0.39 is 0 Å². The molecule has 2 aliphatic rings. The van der Waals surface area contributed by atoms with Crippen LogP contribution in [0.3, 0.4) is 0 Å². The first kappa shape index (κ1) is 47.3. The molecule has 2 atom stereocenters. The molecule has 0 aliphatic carbocycles. The predicted octanol–water partition coefficient (Wildman–Crippen LogP) is 12.2. The highest BCUT2D eigenvalue weighted by atomic mass is 16.2. The summed E-state index contributed by atoms with van der Waals surface area (Å²) >= 11 is 0. The van der Waals surface area contributed by atoms with Crippen molar-refractivity contribution < 1.29 is 9.59 Å². The van der Waals surface area contributed by atoms with Gasteiger partial charge in [-0.3, -0.25) is 19.4 Å². The number of hydrogen-bond donors (Lipinski definition) is 0. The Morgan fingerprint density at radius 2 is 0.535 bits per heavy atom. The van der Waals surface area contributed by atoms with E-state index in [0.717, 1.165) is 32.6 Å². The average Bonchev–Trinajstić information content (AvgIpc) is 3.44. The van der Waals surface area contributed by atoms with Crippen LogP contribution in [0.2, 0.25) is 0 Å². The lowest BCUT2D eigenvalue weighted by Crippen LogP contribution is -2.50. The van der Waals surface area contributed by atoms with E-state index in [1.54, 1.807) is 0 Å². The Labute approximate surface area is 420 Å². The summed E-state index contributed by atoms with van der Waals surface area (Å²) in [6.07, 6.45) is 1.76. The maximum Gasteiger partial charge on any atom is 0.223 e. The van der Waals surface area contributed by atoms with Gasteiger partial charge in [0.1, 0.15) is 0 Å². The number of carbonyl (C=O) groups is 2. The van der Waals surface area contributed by atoms with Crippen molar-refractivity contribution in [3.63, 3.8) is 0 Å². The van der Waals surface area contributed by atoms with Gasteiger partial charge < -0.3 is 9.80 Å². The normalized spacial score (nSPS) is 15.4. The Morgan fingerprint density at radius 1 is 0.296 bits per heavy atom. The van der Waals surface area contributed by atoms with Gasteiger partial charge in [-0.1, -0.05) is 231 Å². The van der Waals surface area contributed by atoms with Crippen LogP contribution in [0.25, 0.3) is 0 Å². The first-order valence-electron chi connectivity index (χ1n) is 25.5. The van der Waals surface area contributed by atoms with Gasteiger partial charge in [0.25, 0.3) is 0 Å². The number of carbonyl (C=O) groups excluding carboxylic acids is 2. The van der Waals surface area contributed by atoms with E-state index in [1.165, 1.54) is 55.6 Å². The summed E-state index contributed by atoms with van der Waals surface area (Å²) in [5, 5.41) is 0. The van der Waals surface area contributed by atoms with Crippen LogP contribution < -0.4 is 0 Å². The maximum absolute atomic E-state index is 14.0. The summed E-state index contributed by atoms with van der Waals surface area (Å²) in [6, 6.07) is 82.0.